The van der Waals surface area contributed by atoms with Crippen LogP contribution in [0, 0.1) is 5.82 Å². The summed E-state index contributed by atoms with van der Waals surface area (Å²) in [6.45, 7) is 8.58. The molecule has 2 saturated heterocycles. The summed E-state index contributed by atoms with van der Waals surface area (Å²) in [5, 5.41) is 8.89. The summed E-state index contributed by atoms with van der Waals surface area (Å²) in [6, 6.07) is 7.62. The van der Waals surface area contributed by atoms with Crippen molar-refractivity contribution in [2.45, 2.75) is 64.8 Å². The molecule has 1 aromatic carbocycles. The molecule has 4 heterocycles. The number of hydrogen-bond donors (Lipinski definition) is 0. The molecule has 2 aliphatic heterocycles. The van der Waals surface area contributed by atoms with Crippen LogP contribution in [0.1, 0.15) is 51.0 Å². The molecule has 3 aromatic rings. The number of pyridine rings is 1. The van der Waals surface area contributed by atoms with Crippen LogP contribution < -0.4 is 4.90 Å². The average molecular weight is 606 g/mol. The molecule has 0 radical (unpaired) electrons. The summed E-state index contributed by atoms with van der Waals surface area (Å²) < 4.78 is 24.8. The molecule has 220 valence electrons. The van der Waals surface area contributed by atoms with Crippen molar-refractivity contribution in [1.82, 2.24) is 25.0 Å². The molecule has 0 saturated carbocycles. The van der Waals surface area contributed by atoms with E-state index in [1.165, 1.54) is 13.0 Å². The van der Waals surface area contributed by atoms with Crippen molar-refractivity contribution in [2.75, 3.05) is 37.6 Å². The monoisotopic (exact) mass is 604 g/mol. The summed E-state index contributed by atoms with van der Waals surface area (Å²) in [5.41, 5.74) is 1.30. The lowest BCUT2D eigenvalue weighted by Gasteiger charge is -2.48. The second kappa shape index (κ2) is 13.5. The Bertz CT molecular complexity index is 1350. The van der Waals surface area contributed by atoms with Crippen LogP contribution in [-0.2, 0) is 22.7 Å². The van der Waals surface area contributed by atoms with Crippen LogP contribution in [0.15, 0.2) is 34.9 Å². The smallest absolute Gasteiger partial charge is 0.303 e. The topological polar surface area (TPSA) is 87.8 Å². The summed E-state index contributed by atoms with van der Waals surface area (Å²) in [6.07, 6.45) is 6.00. The molecule has 12 heteroatoms. The van der Waals surface area contributed by atoms with Gasteiger partial charge in [-0.2, -0.15) is 0 Å². The lowest BCUT2D eigenvalue weighted by molar-refractivity contribution is -0.142. The minimum atomic E-state index is -0.420. The molecule has 2 aliphatic rings. The predicted molar refractivity (Wildman–Crippen MR) is 155 cm³/mol. The molecule has 0 spiro atoms. The SMILES string of the molecule is CCC[C@H]1CN(c2ncc(-c3nnc(COC(C)=O)o3)cc2Cl)CCN1C1CCN(Cc2ccc(Cl)cc2F)CC1. The van der Waals surface area contributed by atoms with Crippen LogP contribution in [0.4, 0.5) is 10.2 Å². The predicted octanol–water partition coefficient (Wildman–Crippen LogP) is 5.60. The highest BCUT2D eigenvalue weighted by Gasteiger charge is 2.34. The molecule has 0 unspecified atom stereocenters. The molecule has 5 rings (SSSR count). The van der Waals surface area contributed by atoms with Gasteiger partial charge in [-0.25, -0.2) is 9.37 Å². The van der Waals surface area contributed by atoms with Crippen LogP contribution >= 0.6 is 23.2 Å². The molecule has 2 fully saturated rings. The zero-order chi connectivity index (χ0) is 28.9. The van der Waals surface area contributed by atoms with Crippen molar-refractivity contribution in [3.8, 4) is 11.5 Å². The first kappa shape index (κ1) is 29.7. The van der Waals surface area contributed by atoms with E-state index in [1.807, 2.05) is 0 Å². The minimum Gasteiger partial charge on any atom is -0.456 e. The fraction of sp³-hybridized carbons (Fsp3) is 0.517. The van der Waals surface area contributed by atoms with E-state index in [4.69, 9.17) is 32.4 Å². The first-order valence-electron chi connectivity index (χ1n) is 14.1. The van der Waals surface area contributed by atoms with E-state index >= 15 is 0 Å². The molecule has 0 N–H and O–H groups in total. The number of piperazine rings is 1. The lowest BCUT2D eigenvalue weighted by atomic mass is 9.97. The number of benzene rings is 1. The van der Waals surface area contributed by atoms with Crippen LogP contribution in [0.5, 0.6) is 0 Å². The van der Waals surface area contributed by atoms with Gasteiger partial charge in [-0.3, -0.25) is 14.6 Å². The highest BCUT2D eigenvalue weighted by atomic mass is 35.5. The van der Waals surface area contributed by atoms with Crippen molar-refractivity contribution in [2.24, 2.45) is 0 Å². The van der Waals surface area contributed by atoms with E-state index in [-0.39, 0.29) is 24.2 Å². The Kier molecular flexibility index (Phi) is 9.75. The molecule has 0 aliphatic carbocycles. The Morgan fingerprint density at radius 1 is 1.15 bits per heavy atom. The van der Waals surface area contributed by atoms with Gasteiger partial charge in [-0.15, -0.1) is 10.2 Å². The summed E-state index contributed by atoms with van der Waals surface area (Å²) in [5.74, 6) is 0.566. The largest absolute Gasteiger partial charge is 0.456 e. The molecule has 1 atom stereocenters. The Labute approximate surface area is 249 Å². The zero-order valence-corrected chi connectivity index (χ0v) is 24.9. The van der Waals surface area contributed by atoms with E-state index in [0.29, 0.717) is 39.8 Å². The lowest BCUT2D eigenvalue weighted by Crippen LogP contribution is -2.58. The maximum absolute atomic E-state index is 14.3. The van der Waals surface area contributed by atoms with Crippen LogP contribution in [0.3, 0.4) is 0 Å². The van der Waals surface area contributed by atoms with Crippen molar-refractivity contribution in [3.05, 3.63) is 57.8 Å². The highest BCUT2D eigenvalue weighted by Crippen LogP contribution is 2.32. The molecular formula is C29H35Cl2FN6O3. The van der Waals surface area contributed by atoms with Gasteiger partial charge in [0.2, 0.25) is 5.89 Å². The molecule has 0 amide bonds. The number of halogens is 3. The average Bonchev–Trinajstić information content (AvgIpc) is 3.43. The molecule has 9 nitrogen and oxygen atoms in total. The number of piperidine rings is 1. The Hall–Kier alpha value is -2.79. The highest BCUT2D eigenvalue weighted by molar-refractivity contribution is 6.33. The zero-order valence-electron chi connectivity index (χ0n) is 23.4. The number of esters is 1. The molecule has 41 heavy (non-hydrogen) atoms. The normalized spacial score (nSPS) is 19.0. The van der Waals surface area contributed by atoms with Crippen LogP contribution in [0.2, 0.25) is 10.0 Å². The van der Waals surface area contributed by atoms with Crippen LogP contribution in [-0.4, -0.2) is 75.8 Å². The number of nitrogens with zero attached hydrogens (tertiary/aromatic N) is 6. The maximum Gasteiger partial charge on any atom is 0.303 e. The number of rotatable bonds is 9. The van der Waals surface area contributed by atoms with Gasteiger partial charge in [0, 0.05) is 62.0 Å². The summed E-state index contributed by atoms with van der Waals surface area (Å²) in [7, 11) is 0. The molecular weight excluding hydrogens is 570 g/mol. The quantitative estimate of drug-likeness (QED) is 0.290. The number of carbonyl (C=O) groups excluding carboxylic acids is 1. The van der Waals surface area contributed by atoms with Gasteiger partial charge >= 0.3 is 5.97 Å². The fourth-order valence-corrected chi connectivity index (χ4v) is 6.25. The Balaban J connectivity index is 1.19. The van der Waals surface area contributed by atoms with Gasteiger partial charge in [0.1, 0.15) is 11.6 Å². The number of likely N-dealkylation sites (tertiary alicyclic amines) is 1. The third-order valence-corrected chi connectivity index (χ3v) is 8.33. The summed E-state index contributed by atoms with van der Waals surface area (Å²) >= 11 is 12.6. The minimum absolute atomic E-state index is 0.0788. The van der Waals surface area contributed by atoms with Crippen molar-refractivity contribution >= 4 is 35.0 Å². The standard InChI is InChI=1S/C29H35Cl2FN6O3/c1-3-4-24-17-37(28-25(31)13-21(15-33-28)29-35-34-27(41-29)18-40-19(2)39)11-12-38(24)23-7-9-36(10-8-23)16-20-5-6-22(30)14-26(20)32/h5-6,13-15,23-24H,3-4,7-12,16-18H2,1-2H3/t24-/m0/s1. The van der Waals surface area contributed by atoms with Crippen molar-refractivity contribution in [3.63, 3.8) is 0 Å². The third-order valence-electron chi connectivity index (χ3n) is 7.82. The van der Waals surface area contributed by atoms with Crippen molar-refractivity contribution < 1.29 is 18.3 Å². The number of ether oxygens (including phenoxy) is 1. The number of anilines is 1. The number of aromatic nitrogens is 3. The Morgan fingerprint density at radius 2 is 1.95 bits per heavy atom. The second-order valence-electron chi connectivity index (χ2n) is 10.7. The van der Waals surface area contributed by atoms with Gasteiger partial charge in [0.25, 0.3) is 5.89 Å². The molecule has 0 bridgehead atoms. The van der Waals surface area contributed by atoms with Gasteiger partial charge in [0.05, 0.1) is 10.6 Å². The van der Waals surface area contributed by atoms with Gasteiger partial charge < -0.3 is 14.1 Å². The first-order valence-corrected chi connectivity index (χ1v) is 14.8. The molecule has 2 aromatic heterocycles. The number of carbonyl (C=O) groups is 1. The van der Waals surface area contributed by atoms with E-state index < -0.39 is 5.97 Å². The van der Waals surface area contributed by atoms with E-state index in [2.05, 4.69) is 36.8 Å². The van der Waals surface area contributed by atoms with Gasteiger partial charge in [-0.05, 0) is 50.6 Å². The van der Waals surface area contributed by atoms with Crippen LogP contribution in [0.25, 0.3) is 11.5 Å². The fourth-order valence-electron chi connectivity index (χ4n) is 5.80. The second-order valence-corrected chi connectivity index (χ2v) is 11.5. The summed E-state index contributed by atoms with van der Waals surface area (Å²) in [4.78, 5) is 23.0. The van der Waals surface area contributed by atoms with E-state index in [1.54, 1.807) is 24.4 Å². The third kappa shape index (κ3) is 7.35. The Morgan fingerprint density at radius 3 is 2.66 bits per heavy atom. The van der Waals surface area contributed by atoms with Gasteiger partial charge in [-0.1, -0.05) is 42.6 Å². The first-order chi connectivity index (χ1) is 19.8. The van der Waals surface area contributed by atoms with E-state index in [9.17, 15) is 9.18 Å². The van der Waals surface area contributed by atoms with Gasteiger partial charge in [0.15, 0.2) is 6.61 Å². The van der Waals surface area contributed by atoms with Crippen molar-refractivity contribution in [1.29, 1.82) is 0 Å². The number of hydrogen-bond acceptors (Lipinski definition) is 9. The maximum atomic E-state index is 14.3. The van der Waals surface area contributed by atoms with E-state index in [0.717, 1.165) is 64.2 Å².